The molecule has 0 saturated heterocycles. The number of rotatable bonds is 3. The van der Waals surface area contributed by atoms with Crippen LogP contribution < -0.4 is 11.1 Å². The number of hydrogen-bond donors (Lipinski definition) is 2. The second-order valence-electron chi connectivity index (χ2n) is 3.67. The molecule has 0 atom stereocenters. The number of benzene rings is 1. The van der Waals surface area contributed by atoms with Gasteiger partial charge in [-0.2, -0.15) is 0 Å². The van der Waals surface area contributed by atoms with Crippen LogP contribution in [0.5, 0.6) is 0 Å². The fourth-order valence-corrected chi connectivity index (χ4v) is 1.58. The van der Waals surface area contributed by atoms with Crippen LogP contribution in [0.15, 0.2) is 35.1 Å². The van der Waals surface area contributed by atoms with Crippen LogP contribution in [0.4, 0.5) is 5.69 Å². The Morgan fingerprint density at radius 1 is 1.50 bits per heavy atom. The van der Waals surface area contributed by atoms with E-state index >= 15 is 0 Å². The summed E-state index contributed by atoms with van der Waals surface area (Å²) >= 11 is 4.87. The van der Waals surface area contributed by atoms with E-state index in [9.17, 15) is 4.79 Å². The van der Waals surface area contributed by atoms with Crippen LogP contribution >= 0.6 is 12.2 Å². The number of aromatic nitrogens is 1. The highest BCUT2D eigenvalue weighted by atomic mass is 32.1. The number of nitrogens with two attached hydrogens (primary N) is 1. The van der Waals surface area contributed by atoms with Crippen molar-refractivity contribution in [1.29, 1.82) is 0 Å². The molecule has 0 fully saturated rings. The molecule has 0 bridgehead atoms. The van der Waals surface area contributed by atoms with Crippen molar-refractivity contribution in [2.75, 3.05) is 5.32 Å². The highest BCUT2D eigenvalue weighted by molar-refractivity contribution is 7.80. The quantitative estimate of drug-likeness (QED) is 0.824. The van der Waals surface area contributed by atoms with Gasteiger partial charge in [0.25, 0.3) is 5.91 Å². The normalized spacial score (nSPS) is 10.1. The summed E-state index contributed by atoms with van der Waals surface area (Å²) in [6.07, 6.45) is 1.23. The zero-order chi connectivity index (χ0) is 13.1. The Bertz CT molecular complexity index is 607. The van der Waals surface area contributed by atoms with Gasteiger partial charge in [-0.05, 0) is 19.1 Å². The Kier molecular flexibility index (Phi) is 3.38. The molecule has 0 radical (unpaired) electrons. The highest BCUT2D eigenvalue weighted by Crippen LogP contribution is 2.13. The molecular weight excluding hydrogens is 250 g/mol. The van der Waals surface area contributed by atoms with Gasteiger partial charge in [0.05, 0.1) is 5.69 Å². The van der Waals surface area contributed by atoms with E-state index in [0.29, 0.717) is 16.9 Å². The average Bonchev–Trinajstić information content (AvgIpc) is 2.76. The molecule has 1 aromatic carbocycles. The first-order valence-electron chi connectivity index (χ1n) is 5.19. The van der Waals surface area contributed by atoms with Gasteiger partial charge < -0.3 is 15.5 Å². The van der Waals surface area contributed by atoms with E-state index in [4.69, 9.17) is 22.4 Å². The Hall–Kier alpha value is -2.21. The number of aryl methyl sites for hydroxylation is 1. The fraction of sp³-hybridized carbons (Fsp3) is 0.0833. The molecule has 0 saturated carbocycles. The summed E-state index contributed by atoms with van der Waals surface area (Å²) in [4.78, 5) is 16.0. The van der Waals surface area contributed by atoms with E-state index < -0.39 is 0 Å². The van der Waals surface area contributed by atoms with E-state index in [2.05, 4.69) is 10.3 Å². The Labute approximate surface area is 109 Å². The Morgan fingerprint density at radius 3 is 2.89 bits per heavy atom. The lowest BCUT2D eigenvalue weighted by molar-refractivity contribution is 0.0996. The van der Waals surface area contributed by atoms with E-state index in [1.807, 2.05) is 0 Å². The molecule has 3 N–H and O–H groups in total. The minimum absolute atomic E-state index is 0.190. The molecule has 1 amide bonds. The first-order chi connectivity index (χ1) is 8.58. The van der Waals surface area contributed by atoms with Crippen LogP contribution in [0.3, 0.4) is 0 Å². The second kappa shape index (κ2) is 4.97. The van der Waals surface area contributed by atoms with Crippen LogP contribution in [0.2, 0.25) is 0 Å². The summed E-state index contributed by atoms with van der Waals surface area (Å²) in [6, 6.07) is 6.98. The monoisotopic (exact) mass is 261 g/mol. The topological polar surface area (TPSA) is 81.2 Å². The summed E-state index contributed by atoms with van der Waals surface area (Å²) in [5.74, 6) is -0.166. The zero-order valence-electron chi connectivity index (χ0n) is 9.64. The minimum Gasteiger partial charge on any atom is -0.438 e. The summed E-state index contributed by atoms with van der Waals surface area (Å²) < 4.78 is 5.00. The average molecular weight is 261 g/mol. The first-order valence-corrected chi connectivity index (χ1v) is 5.60. The van der Waals surface area contributed by atoms with Crippen LogP contribution in [0, 0.1) is 6.92 Å². The lowest BCUT2D eigenvalue weighted by atomic mass is 10.2. The molecule has 0 aliphatic heterocycles. The van der Waals surface area contributed by atoms with Crippen LogP contribution in [0.1, 0.15) is 21.8 Å². The van der Waals surface area contributed by atoms with Crippen molar-refractivity contribution >= 4 is 28.8 Å². The molecule has 92 valence electrons. The van der Waals surface area contributed by atoms with Gasteiger partial charge in [0.2, 0.25) is 5.76 Å². The number of nitrogens with zero attached hydrogens (tertiary/aromatic N) is 1. The molecule has 0 spiro atoms. The number of carbonyl (C=O) groups excluding carboxylic acids is 1. The molecule has 1 heterocycles. The van der Waals surface area contributed by atoms with Gasteiger partial charge in [0, 0.05) is 11.3 Å². The maximum absolute atomic E-state index is 11.9. The predicted octanol–water partition coefficient (Wildman–Crippen LogP) is 1.87. The van der Waals surface area contributed by atoms with Gasteiger partial charge in [-0.25, -0.2) is 4.98 Å². The number of hydrogen-bond acceptors (Lipinski definition) is 4. The van der Waals surface area contributed by atoms with Crippen molar-refractivity contribution < 1.29 is 9.21 Å². The van der Waals surface area contributed by atoms with Gasteiger partial charge in [0.15, 0.2) is 6.39 Å². The van der Waals surface area contributed by atoms with Crippen molar-refractivity contribution in [1.82, 2.24) is 4.98 Å². The van der Waals surface area contributed by atoms with Crippen molar-refractivity contribution in [2.24, 2.45) is 5.73 Å². The molecule has 2 aromatic rings. The highest BCUT2D eigenvalue weighted by Gasteiger charge is 2.14. The third-order valence-corrected chi connectivity index (χ3v) is 2.59. The molecule has 18 heavy (non-hydrogen) atoms. The molecule has 5 nitrogen and oxygen atoms in total. The molecule has 2 rings (SSSR count). The number of amides is 1. The summed E-state index contributed by atoms with van der Waals surface area (Å²) in [5, 5.41) is 2.69. The summed E-state index contributed by atoms with van der Waals surface area (Å²) in [6.45, 7) is 1.70. The third-order valence-electron chi connectivity index (χ3n) is 2.36. The van der Waals surface area contributed by atoms with E-state index in [0.717, 1.165) is 0 Å². The molecule has 0 aliphatic rings. The van der Waals surface area contributed by atoms with E-state index in [1.165, 1.54) is 6.39 Å². The maximum Gasteiger partial charge on any atom is 0.293 e. The molecular formula is C12H11N3O2S. The minimum atomic E-state index is -0.356. The van der Waals surface area contributed by atoms with Gasteiger partial charge in [-0.1, -0.05) is 24.4 Å². The SMILES string of the molecule is Cc1ncoc1C(=O)Nc1cccc(C(N)=S)c1. The van der Waals surface area contributed by atoms with Gasteiger partial charge >= 0.3 is 0 Å². The Morgan fingerprint density at radius 2 is 2.28 bits per heavy atom. The van der Waals surface area contributed by atoms with Crippen molar-refractivity contribution in [3.63, 3.8) is 0 Å². The third kappa shape index (κ3) is 2.54. The smallest absolute Gasteiger partial charge is 0.293 e. The summed E-state index contributed by atoms with van der Waals surface area (Å²) in [7, 11) is 0. The van der Waals surface area contributed by atoms with Crippen molar-refractivity contribution in [3.8, 4) is 0 Å². The Balaban J connectivity index is 2.20. The maximum atomic E-state index is 11.9. The molecule has 0 unspecified atom stereocenters. The molecule has 6 heteroatoms. The largest absolute Gasteiger partial charge is 0.438 e. The van der Waals surface area contributed by atoms with Gasteiger partial charge in [0.1, 0.15) is 4.99 Å². The van der Waals surface area contributed by atoms with Crippen LogP contribution in [-0.4, -0.2) is 15.9 Å². The van der Waals surface area contributed by atoms with Gasteiger partial charge in [-0.15, -0.1) is 0 Å². The van der Waals surface area contributed by atoms with Crippen LogP contribution in [-0.2, 0) is 0 Å². The lowest BCUT2D eigenvalue weighted by Gasteiger charge is -2.05. The summed E-state index contributed by atoms with van der Waals surface area (Å²) in [5.41, 5.74) is 7.35. The number of thiocarbonyl (C=S) groups is 1. The van der Waals surface area contributed by atoms with Crippen molar-refractivity contribution in [2.45, 2.75) is 6.92 Å². The van der Waals surface area contributed by atoms with E-state index in [1.54, 1.807) is 31.2 Å². The number of anilines is 1. The van der Waals surface area contributed by atoms with Crippen molar-refractivity contribution in [3.05, 3.63) is 47.7 Å². The molecule has 1 aromatic heterocycles. The fourth-order valence-electron chi connectivity index (χ4n) is 1.46. The standard InChI is InChI=1S/C12H11N3O2S/c1-7-10(17-6-14-7)12(16)15-9-4-2-3-8(5-9)11(13)18/h2-6H,1H3,(H2,13,18)(H,15,16). The predicted molar refractivity (Wildman–Crippen MR) is 71.5 cm³/mol. The molecule has 0 aliphatic carbocycles. The van der Waals surface area contributed by atoms with E-state index in [-0.39, 0.29) is 16.7 Å². The second-order valence-corrected chi connectivity index (χ2v) is 4.11. The lowest BCUT2D eigenvalue weighted by Crippen LogP contribution is -2.14. The van der Waals surface area contributed by atoms with Crippen LogP contribution in [0.25, 0.3) is 0 Å². The van der Waals surface area contributed by atoms with Gasteiger partial charge in [-0.3, -0.25) is 4.79 Å². The zero-order valence-corrected chi connectivity index (χ0v) is 10.5. The first kappa shape index (κ1) is 12.3. The number of nitrogens with one attached hydrogen (secondary N) is 1. The number of carbonyl (C=O) groups is 1. The number of oxazole rings is 1.